The number of fused-ring (bicyclic) bond motifs is 1. The molecule has 0 atom stereocenters. The topological polar surface area (TPSA) is 20.3 Å². The highest BCUT2D eigenvalue weighted by Gasteiger charge is 2.20. The third-order valence-electron chi connectivity index (χ3n) is 2.71. The first-order valence-electron chi connectivity index (χ1n) is 5.21. The van der Waals surface area contributed by atoms with Gasteiger partial charge in [0, 0.05) is 18.7 Å². The lowest BCUT2D eigenvalue weighted by molar-refractivity contribution is -0.118. The molecule has 14 heavy (non-hydrogen) atoms. The zero-order chi connectivity index (χ0) is 9.97. The number of carbonyl (C=O) groups is 1. The lowest BCUT2D eigenvalue weighted by Gasteiger charge is -2.29. The Balaban J connectivity index is 2.35. The van der Waals surface area contributed by atoms with E-state index < -0.39 is 0 Å². The van der Waals surface area contributed by atoms with E-state index >= 15 is 0 Å². The van der Waals surface area contributed by atoms with E-state index in [0.29, 0.717) is 6.42 Å². The summed E-state index contributed by atoms with van der Waals surface area (Å²) in [6, 6.07) is 8.20. The number of anilines is 1. The Morgan fingerprint density at radius 2 is 2.21 bits per heavy atom. The maximum absolute atomic E-state index is 11.7. The average Bonchev–Trinajstić information content (AvgIpc) is 2.27. The predicted molar refractivity (Wildman–Crippen MR) is 57.4 cm³/mol. The fraction of sp³-hybridized carbons (Fsp3) is 0.417. The molecule has 0 radical (unpaired) electrons. The Labute approximate surface area is 84.5 Å². The van der Waals surface area contributed by atoms with Crippen molar-refractivity contribution >= 4 is 11.6 Å². The highest BCUT2D eigenvalue weighted by Crippen LogP contribution is 2.26. The molecule has 2 rings (SSSR count). The van der Waals surface area contributed by atoms with Gasteiger partial charge in [0.2, 0.25) is 5.91 Å². The molecule has 1 aliphatic rings. The summed E-state index contributed by atoms with van der Waals surface area (Å²) in [5, 5.41) is 0. The van der Waals surface area contributed by atoms with Gasteiger partial charge in [-0.3, -0.25) is 4.79 Å². The summed E-state index contributed by atoms with van der Waals surface area (Å²) in [7, 11) is 0. The molecule has 74 valence electrons. The molecule has 1 amide bonds. The van der Waals surface area contributed by atoms with Crippen LogP contribution < -0.4 is 4.90 Å². The summed E-state index contributed by atoms with van der Waals surface area (Å²) in [6.07, 6.45) is 2.78. The average molecular weight is 189 g/mol. The van der Waals surface area contributed by atoms with Gasteiger partial charge in [-0.15, -0.1) is 0 Å². The van der Waals surface area contributed by atoms with Gasteiger partial charge >= 0.3 is 0 Å². The molecule has 0 unspecified atom stereocenters. The van der Waals surface area contributed by atoms with Crippen LogP contribution >= 0.6 is 0 Å². The third-order valence-corrected chi connectivity index (χ3v) is 2.71. The molecule has 1 heterocycles. The lowest BCUT2D eigenvalue weighted by Crippen LogP contribution is -2.34. The lowest BCUT2D eigenvalue weighted by atomic mass is 10.0. The summed E-state index contributed by atoms with van der Waals surface area (Å²) in [6.45, 7) is 2.79. The molecular formula is C12H15NO. The first kappa shape index (κ1) is 9.25. The van der Waals surface area contributed by atoms with Crippen molar-refractivity contribution in [2.45, 2.75) is 26.2 Å². The number of carbonyl (C=O) groups excluding carboxylic acids is 1. The minimum Gasteiger partial charge on any atom is -0.312 e. The first-order valence-corrected chi connectivity index (χ1v) is 5.21. The summed E-state index contributed by atoms with van der Waals surface area (Å²) < 4.78 is 0. The second kappa shape index (κ2) is 3.82. The Kier molecular flexibility index (Phi) is 2.53. The van der Waals surface area contributed by atoms with Crippen LogP contribution in [0, 0.1) is 0 Å². The van der Waals surface area contributed by atoms with Gasteiger partial charge in [0.25, 0.3) is 0 Å². The number of hydrogen-bond donors (Lipinski definition) is 0. The van der Waals surface area contributed by atoms with E-state index in [-0.39, 0.29) is 5.91 Å². The zero-order valence-electron chi connectivity index (χ0n) is 8.49. The van der Waals surface area contributed by atoms with Crippen LogP contribution in [0.5, 0.6) is 0 Å². The van der Waals surface area contributed by atoms with E-state index in [0.717, 1.165) is 25.1 Å². The Morgan fingerprint density at radius 1 is 1.43 bits per heavy atom. The van der Waals surface area contributed by atoms with Crippen molar-refractivity contribution in [1.82, 2.24) is 0 Å². The molecule has 0 fully saturated rings. The largest absolute Gasteiger partial charge is 0.312 e. The number of amides is 1. The highest BCUT2D eigenvalue weighted by atomic mass is 16.2. The predicted octanol–water partition coefficient (Wildman–Crippen LogP) is 2.38. The molecule has 0 saturated heterocycles. The van der Waals surface area contributed by atoms with Crippen LogP contribution in [0.15, 0.2) is 24.3 Å². The van der Waals surface area contributed by atoms with Crippen molar-refractivity contribution in [3.8, 4) is 0 Å². The Morgan fingerprint density at radius 3 is 3.00 bits per heavy atom. The molecule has 0 spiro atoms. The van der Waals surface area contributed by atoms with Crippen molar-refractivity contribution in [1.29, 1.82) is 0 Å². The van der Waals surface area contributed by atoms with Gasteiger partial charge < -0.3 is 4.90 Å². The van der Waals surface area contributed by atoms with Crippen LogP contribution in [0.2, 0.25) is 0 Å². The van der Waals surface area contributed by atoms with Crippen LogP contribution in [0.25, 0.3) is 0 Å². The van der Waals surface area contributed by atoms with Gasteiger partial charge in [-0.25, -0.2) is 0 Å². The minimum absolute atomic E-state index is 0.233. The summed E-state index contributed by atoms with van der Waals surface area (Å²) >= 11 is 0. The molecule has 0 saturated carbocycles. The van der Waals surface area contributed by atoms with Gasteiger partial charge in [-0.05, 0) is 24.5 Å². The monoisotopic (exact) mass is 189 g/mol. The van der Waals surface area contributed by atoms with Crippen molar-refractivity contribution in [2.24, 2.45) is 0 Å². The van der Waals surface area contributed by atoms with Crippen LogP contribution in [0.1, 0.15) is 25.3 Å². The van der Waals surface area contributed by atoms with Crippen molar-refractivity contribution in [3.63, 3.8) is 0 Å². The SMILES string of the molecule is CCC(=O)N1CCCc2ccccc21. The molecule has 1 aromatic carbocycles. The molecule has 2 nitrogen and oxygen atoms in total. The van der Waals surface area contributed by atoms with E-state index in [9.17, 15) is 4.79 Å². The quantitative estimate of drug-likeness (QED) is 0.664. The molecule has 2 heteroatoms. The van der Waals surface area contributed by atoms with Crippen molar-refractivity contribution in [2.75, 3.05) is 11.4 Å². The van der Waals surface area contributed by atoms with Gasteiger partial charge in [-0.1, -0.05) is 25.1 Å². The maximum atomic E-state index is 11.7. The van der Waals surface area contributed by atoms with E-state index in [1.54, 1.807) is 0 Å². The number of aryl methyl sites for hydroxylation is 1. The van der Waals surface area contributed by atoms with Crippen molar-refractivity contribution < 1.29 is 4.79 Å². The smallest absolute Gasteiger partial charge is 0.226 e. The standard InChI is InChI=1S/C12H15NO/c1-2-12(14)13-9-5-7-10-6-3-4-8-11(10)13/h3-4,6,8H,2,5,7,9H2,1H3. The number of rotatable bonds is 1. The van der Waals surface area contributed by atoms with Crippen molar-refractivity contribution in [3.05, 3.63) is 29.8 Å². The summed E-state index contributed by atoms with van der Waals surface area (Å²) in [4.78, 5) is 13.6. The van der Waals surface area contributed by atoms with Gasteiger partial charge in [0.1, 0.15) is 0 Å². The summed E-state index contributed by atoms with van der Waals surface area (Å²) in [5.41, 5.74) is 2.42. The van der Waals surface area contributed by atoms with E-state index in [4.69, 9.17) is 0 Å². The number of nitrogens with zero attached hydrogens (tertiary/aromatic N) is 1. The Bertz CT molecular complexity index is 346. The van der Waals surface area contributed by atoms with Gasteiger partial charge in [-0.2, -0.15) is 0 Å². The highest BCUT2D eigenvalue weighted by molar-refractivity contribution is 5.94. The molecule has 0 aliphatic carbocycles. The number of para-hydroxylation sites is 1. The molecule has 0 N–H and O–H groups in total. The van der Waals surface area contributed by atoms with E-state index in [2.05, 4.69) is 6.07 Å². The fourth-order valence-electron chi connectivity index (χ4n) is 1.98. The van der Waals surface area contributed by atoms with Crippen LogP contribution in [-0.4, -0.2) is 12.5 Å². The number of hydrogen-bond acceptors (Lipinski definition) is 1. The minimum atomic E-state index is 0.233. The Hall–Kier alpha value is -1.31. The van der Waals surface area contributed by atoms with Gasteiger partial charge in [0.05, 0.1) is 0 Å². The van der Waals surface area contributed by atoms with Crippen LogP contribution in [0.4, 0.5) is 5.69 Å². The molecule has 0 bridgehead atoms. The normalized spacial score (nSPS) is 15.1. The summed E-state index contributed by atoms with van der Waals surface area (Å²) in [5.74, 6) is 0.233. The number of benzene rings is 1. The first-order chi connectivity index (χ1) is 6.83. The molecule has 1 aliphatic heterocycles. The molecule has 0 aromatic heterocycles. The zero-order valence-corrected chi connectivity index (χ0v) is 8.49. The van der Waals surface area contributed by atoms with Gasteiger partial charge in [0.15, 0.2) is 0 Å². The second-order valence-corrected chi connectivity index (χ2v) is 3.63. The molecule has 1 aromatic rings. The fourth-order valence-corrected chi connectivity index (χ4v) is 1.98. The molecular weight excluding hydrogens is 174 g/mol. The third kappa shape index (κ3) is 1.52. The second-order valence-electron chi connectivity index (χ2n) is 3.63. The van der Waals surface area contributed by atoms with E-state index in [1.807, 2.05) is 30.0 Å². The van der Waals surface area contributed by atoms with E-state index in [1.165, 1.54) is 5.56 Å². The van der Waals surface area contributed by atoms with Crippen LogP contribution in [0.3, 0.4) is 0 Å². The van der Waals surface area contributed by atoms with Crippen LogP contribution in [-0.2, 0) is 11.2 Å². The maximum Gasteiger partial charge on any atom is 0.226 e.